The van der Waals surface area contributed by atoms with Crippen molar-refractivity contribution in [1.29, 1.82) is 0 Å². The van der Waals surface area contributed by atoms with Crippen molar-refractivity contribution >= 4 is 18.3 Å². The topological polar surface area (TPSA) is 52.6 Å². The summed E-state index contributed by atoms with van der Waals surface area (Å²) in [4.78, 5) is 12.8. The number of carbonyl (C=O) groups excluding carboxylic acids is 1. The van der Waals surface area contributed by atoms with Crippen LogP contribution in [0.4, 0.5) is 0 Å². The number of halogens is 1. The molecule has 5 heteroatoms. The molecule has 132 valence electrons. The van der Waals surface area contributed by atoms with Crippen LogP contribution in [0.25, 0.3) is 0 Å². The fourth-order valence-corrected chi connectivity index (χ4v) is 3.91. The van der Waals surface area contributed by atoms with Crippen molar-refractivity contribution in [1.82, 2.24) is 10.4 Å². The molecule has 0 fully saturated rings. The second kappa shape index (κ2) is 7.56. The Hall–Kier alpha value is -1.88. The third kappa shape index (κ3) is 3.56. The van der Waals surface area contributed by atoms with Gasteiger partial charge in [-0.3, -0.25) is 4.79 Å². The summed E-state index contributed by atoms with van der Waals surface area (Å²) in [6.07, 6.45) is 3.66. The number of carbonyl (C=O) groups is 1. The molecule has 0 spiro atoms. The first-order valence-electron chi connectivity index (χ1n) is 8.63. The third-order valence-electron chi connectivity index (χ3n) is 5.21. The third-order valence-corrected chi connectivity index (χ3v) is 5.21. The summed E-state index contributed by atoms with van der Waals surface area (Å²) >= 11 is 0. The van der Waals surface area contributed by atoms with Gasteiger partial charge in [-0.2, -0.15) is 5.06 Å². The molecule has 0 radical (unpaired) electrons. The summed E-state index contributed by atoms with van der Waals surface area (Å²) in [5.41, 5.74) is 4.78. The number of nitrogens with zero attached hydrogens (tertiary/aromatic N) is 1. The molecular weight excluding hydrogens is 336 g/mol. The van der Waals surface area contributed by atoms with E-state index in [9.17, 15) is 10.0 Å². The molecule has 2 aliphatic rings. The minimum absolute atomic E-state index is 0. The lowest BCUT2D eigenvalue weighted by Gasteiger charge is -2.33. The summed E-state index contributed by atoms with van der Waals surface area (Å²) in [6, 6.07) is 15.8. The van der Waals surface area contributed by atoms with Crippen LogP contribution in [0.1, 0.15) is 41.1 Å². The van der Waals surface area contributed by atoms with E-state index in [4.69, 9.17) is 0 Å². The minimum Gasteiger partial charge on any atom is -0.348 e. The second-order valence-electron chi connectivity index (χ2n) is 6.74. The highest BCUT2D eigenvalue weighted by atomic mass is 35.5. The maximum atomic E-state index is 12.8. The molecular formula is C20H23ClN2O2. The van der Waals surface area contributed by atoms with E-state index >= 15 is 0 Å². The van der Waals surface area contributed by atoms with Gasteiger partial charge in [0.25, 0.3) is 0 Å². The highest BCUT2D eigenvalue weighted by Crippen LogP contribution is 2.30. The Kier molecular flexibility index (Phi) is 5.42. The van der Waals surface area contributed by atoms with Crippen molar-refractivity contribution in [3.63, 3.8) is 0 Å². The molecule has 25 heavy (non-hydrogen) atoms. The molecule has 0 saturated carbocycles. The summed E-state index contributed by atoms with van der Waals surface area (Å²) in [6.45, 7) is 0.398. The maximum absolute atomic E-state index is 12.8. The SMILES string of the molecule is Cl.O=C(N[C@@H]1CCCc2ccccc21)C1Cc2ccccc2CN1O. The number of rotatable bonds is 2. The van der Waals surface area contributed by atoms with E-state index in [2.05, 4.69) is 23.5 Å². The molecule has 1 aliphatic heterocycles. The van der Waals surface area contributed by atoms with E-state index in [-0.39, 0.29) is 24.4 Å². The fourth-order valence-electron chi connectivity index (χ4n) is 3.91. The van der Waals surface area contributed by atoms with Crippen LogP contribution in [0.2, 0.25) is 0 Å². The number of hydrogen-bond donors (Lipinski definition) is 2. The summed E-state index contributed by atoms with van der Waals surface area (Å²) in [7, 11) is 0. The summed E-state index contributed by atoms with van der Waals surface area (Å²) in [5, 5.41) is 14.6. The van der Waals surface area contributed by atoms with Crippen molar-refractivity contribution in [2.24, 2.45) is 0 Å². The van der Waals surface area contributed by atoms with Crippen molar-refractivity contribution in [3.8, 4) is 0 Å². The molecule has 1 heterocycles. The van der Waals surface area contributed by atoms with E-state index in [0.29, 0.717) is 13.0 Å². The number of hydroxylamine groups is 2. The van der Waals surface area contributed by atoms with Crippen molar-refractivity contribution < 1.29 is 10.0 Å². The largest absolute Gasteiger partial charge is 0.348 e. The van der Waals surface area contributed by atoms with Gasteiger partial charge in [-0.15, -0.1) is 12.4 Å². The Morgan fingerprint density at radius 3 is 2.52 bits per heavy atom. The number of aryl methyl sites for hydroxylation is 1. The second-order valence-corrected chi connectivity index (χ2v) is 6.74. The van der Waals surface area contributed by atoms with Crippen molar-refractivity contribution in [2.45, 2.75) is 44.3 Å². The van der Waals surface area contributed by atoms with Crippen LogP contribution in [0.5, 0.6) is 0 Å². The number of hydrogen-bond acceptors (Lipinski definition) is 3. The molecule has 4 nitrogen and oxygen atoms in total. The lowest BCUT2D eigenvalue weighted by Crippen LogP contribution is -2.49. The molecule has 1 unspecified atom stereocenters. The van der Waals surface area contributed by atoms with Crippen LogP contribution in [0.15, 0.2) is 48.5 Å². The fraction of sp³-hybridized carbons (Fsp3) is 0.350. The van der Waals surface area contributed by atoms with Gasteiger partial charge in [-0.05, 0) is 47.9 Å². The predicted molar refractivity (Wildman–Crippen MR) is 98.8 cm³/mol. The molecule has 2 atom stereocenters. The van der Waals surface area contributed by atoms with Gasteiger partial charge in [0.05, 0.1) is 12.6 Å². The van der Waals surface area contributed by atoms with Gasteiger partial charge >= 0.3 is 0 Å². The average Bonchev–Trinajstić information content (AvgIpc) is 2.61. The Labute approximate surface area is 154 Å². The quantitative estimate of drug-likeness (QED) is 0.864. The standard InChI is InChI=1S/C20H22N2O2.ClH/c23-20(19-12-15-7-1-2-8-16(15)13-22(19)24)21-18-11-5-9-14-6-3-4-10-17(14)18;/h1-4,6-8,10,18-19,24H,5,9,11-13H2,(H,21,23);1H/t18-,19?;/m1./s1. The first kappa shape index (κ1) is 17.9. The van der Waals surface area contributed by atoms with Gasteiger partial charge in [0.15, 0.2) is 0 Å². The van der Waals surface area contributed by atoms with Gasteiger partial charge in [0.2, 0.25) is 5.91 Å². The molecule has 0 aromatic heterocycles. The highest BCUT2D eigenvalue weighted by molar-refractivity contribution is 5.85. The van der Waals surface area contributed by atoms with Gasteiger partial charge in [-0.25, -0.2) is 0 Å². The van der Waals surface area contributed by atoms with Gasteiger partial charge in [-0.1, -0.05) is 48.5 Å². The van der Waals surface area contributed by atoms with E-state index in [1.807, 2.05) is 30.3 Å². The maximum Gasteiger partial charge on any atom is 0.240 e. The lowest BCUT2D eigenvalue weighted by atomic mass is 9.87. The Bertz CT molecular complexity index is 765. The summed E-state index contributed by atoms with van der Waals surface area (Å²) < 4.78 is 0. The van der Waals surface area contributed by atoms with E-state index in [1.165, 1.54) is 16.2 Å². The van der Waals surface area contributed by atoms with Crippen LogP contribution >= 0.6 is 12.4 Å². The molecule has 2 aromatic carbocycles. The zero-order valence-electron chi connectivity index (χ0n) is 14.0. The van der Waals surface area contributed by atoms with Crippen LogP contribution in [0, 0.1) is 0 Å². The predicted octanol–water partition coefficient (Wildman–Crippen LogP) is 3.42. The van der Waals surface area contributed by atoms with E-state index in [0.717, 1.165) is 30.4 Å². The average molecular weight is 359 g/mol. The Balaban J connectivity index is 0.00000182. The highest BCUT2D eigenvalue weighted by Gasteiger charge is 2.32. The minimum atomic E-state index is -0.519. The molecule has 0 bridgehead atoms. The molecule has 0 saturated heterocycles. The van der Waals surface area contributed by atoms with Gasteiger partial charge in [0.1, 0.15) is 6.04 Å². The van der Waals surface area contributed by atoms with Crippen LogP contribution in [-0.4, -0.2) is 22.2 Å². The molecule has 4 rings (SSSR count). The van der Waals surface area contributed by atoms with Crippen LogP contribution in [-0.2, 0) is 24.2 Å². The number of benzene rings is 2. The normalized spacial score (nSPS) is 22.3. The first-order chi connectivity index (χ1) is 11.7. The Morgan fingerprint density at radius 2 is 1.72 bits per heavy atom. The van der Waals surface area contributed by atoms with E-state index in [1.54, 1.807) is 0 Å². The number of nitrogens with one attached hydrogen (secondary N) is 1. The molecule has 2 N–H and O–H groups in total. The Morgan fingerprint density at radius 1 is 1.04 bits per heavy atom. The molecule has 1 amide bonds. The van der Waals surface area contributed by atoms with Crippen molar-refractivity contribution in [2.75, 3.05) is 0 Å². The first-order valence-corrected chi connectivity index (χ1v) is 8.63. The monoisotopic (exact) mass is 358 g/mol. The van der Waals surface area contributed by atoms with Gasteiger partial charge < -0.3 is 10.5 Å². The number of amides is 1. The smallest absolute Gasteiger partial charge is 0.240 e. The van der Waals surface area contributed by atoms with E-state index < -0.39 is 6.04 Å². The van der Waals surface area contributed by atoms with Crippen LogP contribution < -0.4 is 5.32 Å². The van der Waals surface area contributed by atoms with Crippen LogP contribution in [0.3, 0.4) is 0 Å². The zero-order chi connectivity index (χ0) is 16.5. The van der Waals surface area contributed by atoms with Crippen molar-refractivity contribution in [3.05, 3.63) is 70.8 Å². The zero-order valence-corrected chi connectivity index (χ0v) is 14.8. The molecule has 2 aromatic rings. The molecule has 1 aliphatic carbocycles. The summed E-state index contributed by atoms with van der Waals surface area (Å²) in [5.74, 6) is -0.0892. The van der Waals surface area contributed by atoms with Gasteiger partial charge in [0, 0.05) is 0 Å². The number of fused-ring (bicyclic) bond motifs is 2. The lowest BCUT2D eigenvalue weighted by molar-refractivity contribution is -0.162.